The van der Waals surface area contributed by atoms with Crippen LogP contribution in [0.1, 0.15) is 25.3 Å². The van der Waals surface area contributed by atoms with Crippen molar-refractivity contribution in [2.75, 3.05) is 13.1 Å². The monoisotopic (exact) mass is 305 g/mol. The number of nitrogens with zero attached hydrogens (tertiary/aromatic N) is 1. The minimum absolute atomic E-state index is 0.0578. The molecule has 0 radical (unpaired) electrons. The van der Waals surface area contributed by atoms with Gasteiger partial charge in [0.2, 0.25) is 10.0 Å². The Labute approximate surface area is 118 Å². The van der Waals surface area contributed by atoms with Gasteiger partial charge in [-0.2, -0.15) is 0 Å². The lowest BCUT2D eigenvalue weighted by Crippen LogP contribution is -2.39. The average molecular weight is 306 g/mol. The van der Waals surface area contributed by atoms with Gasteiger partial charge in [0, 0.05) is 23.7 Å². The first kappa shape index (κ1) is 14.8. The third-order valence-electron chi connectivity index (χ3n) is 3.40. The molecule has 1 aromatic carbocycles. The molecule has 1 aliphatic rings. The van der Waals surface area contributed by atoms with Gasteiger partial charge in [0.1, 0.15) is 5.82 Å². The van der Waals surface area contributed by atoms with Crippen LogP contribution in [0.5, 0.6) is 0 Å². The van der Waals surface area contributed by atoms with E-state index in [0.29, 0.717) is 19.0 Å². The van der Waals surface area contributed by atoms with Gasteiger partial charge in [-0.15, -0.1) is 0 Å². The molecule has 0 spiro atoms. The second-order valence-electron chi connectivity index (χ2n) is 5.06. The third-order valence-corrected chi connectivity index (χ3v) is 5.53. The number of halogens is 2. The van der Waals surface area contributed by atoms with Gasteiger partial charge in [-0.05, 0) is 30.9 Å². The molecule has 1 fully saturated rings. The molecule has 0 amide bonds. The van der Waals surface area contributed by atoms with Crippen LogP contribution in [-0.2, 0) is 15.8 Å². The molecule has 0 aromatic heterocycles. The Kier molecular flexibility index (Phi) is 4.48. The Morgan fingerprint density at radius 1 is 1.47 bits per heavy atom. The van der Waals surface area contributed by atoms with Crippen molar-refractivity contribution in [1.29, 1.82) is 0 Å². The van der Waals surface area contributed by atoms with Gasteiger partial charge < -0.3 is 0 Å². The fraction of sp³-hybridized carbons (Fsp3) is 0.538. The molecule has 1 heterocycles. The second kappa shape index (κ2) is 5.77. The van der Waals surface area contributed by atoms with Gasteiger partial charge in [0.25, 0.3) is 0 Å². The lowest BCUT2D eigenvalue weighted by atomic mass is 10.0. The first-order valence-electron chi connectivity index (χ1n) is 6.31. The molecule has 2 rings (SSSR count). The first-order valence-corrected chi connectivity index (χ1v) is 8.29. The minimum Gasteiger partial charge on any atom is -0.212 e. The molecule has 1 aromatic rings. The van der Waals surface area contributed by atoms with Crippen molar-refractivity contribution >= 4 is 21.6 Å². The highest BCUT2D eigenvalue weighted by Gasteiger charge is 2.28. The van der Waals surface area contributed by atoms with E-state index in [1.165, 1.54) is 22.5 Å². The molecular weight excluding hydrogens is 289 g/mol. The van der Waals surface area contributed by atoms with Crippen molar-refractivity contribution in [2.45, 2.75) is 25.5 Å². The van der Waals surface area contributed by atoms with Crippen LogP contribution in [0.3, 0.4) is 0 Å². The average Bonchev–Trinajstić information content (AvgIpc) is 2.34. The molecule has 6 heteroatoms. The number of hydrogen-bond acceptors (Lipinski definition) is 2. The van der Waals surface area contributed by atoms with Crippen LogP contribution in [0.4, 0.5) is 4.39 Å². The largest absolute Gasteiger partial charge is 0.218 e. The van der Waals surface area contributed by atoms with Crippen molar-refractivity contribution < 1.29 is 12.8 Å². The highest BCUT2D eigenvalue weighted by molar-refractivity contribution is 7.88. The summed E-state index contributed by atoms with van der Waals surface area (Å²) in [4.78, 5) is 0. The van der Waals surface area contributed by atoms with Crippen LogP contribution in [-0.4, -0.2) is 25.8 Å². The fourth-order valence-electron chi connectivity index (χ4n) is 2.34. The van der Waals surface area contributed by atoms with E-state index in [4.69, 9.17) is 11.6 Å². The molecule has 1 aliphatic heterocycles. The Morgan fingerprint density at radius 2 is 2.21 bits per heavy atom. The van der Waals surface area contributed by atoms with Crippen molar-refractivity contribution in [3.8, 4) is 0 Å². The molecule has 0 saturated carbocycles. The summed E-state index contributed by atoms with van der Waals surface area (Å²) in [5, 5.41) is 0.161. The Bertz CT molecular complexity index is 542. The minimum atomic E-state index is -3.51. The normalized spacial score (nSPS) is 21.5. The maximum atomic E-state index is 13.7. The highest BCUT2D eigenvalue weighted by Crippen LogP contribution is 2.25. The van der Waals surface area contributed by atoms with Crippen LogP contribution in [0.2, 0.25) is 5.02 Å². The van der Waals surface area contributed by atoms with Gasteiger partial charge >= 0.3 is 0 Å². The zero-order chi connectivity index (χ0) is 14.0. The van der Waals surface area contributed by atoms with Gasteiger partial charge in [0.05, 0.1) is 5.75 Å². The Morgan fingerprint density at radius 3 is 2.84 bits per heavy atom. The molecule has 1 atom stereocenters. The predicted octanol–water partition coefficient (Wildman–Crippen LogP) is 3.04. The summed E-state index contributed by atoms with van der Waals surface area (Å²) in [7, 11) is -3.51. The highest BCUT2D eigenvalue weighted by atomic mass is 35.5. The van der Waals surface area contributed by atoms with Gasteiger partial charge in [-0.3, -0.25) is 0 Å². The maximum Gasteiger partial charge on any atom is 0.218 e. The summed E-state index contributed by atoms with van der Waals surface area (Å²) in [5.41, 5.74) is 0.0578. The second-order valence-corrected chi connectivity index (χ2v) is 7.44. The summed E-state index contributed by atoms with van der Waals surface area (Å²) in [5.74, 6) is -0.591. The number of hydrogen-bond donors (Lipinski definition) is 0. The van der Waals surface area contributed by atoms with Crippen LogP contribution in [0, 0.1) is 11.7 Å². The zero-order valence-corrected chi connectivity index (χ0v) is 12.3. The first-order chi connectivity index (χ1) is 8.90. The van der Waals surface area contributed by atoms with Crippen molar-refractivity contribution in [1.82, 2.24) is 4.31 Å². The summed E-state index contributed by atoms with van der Waals surface area (Å²) in [6.45, 7) is 3.05. The number of sulfonamides is 1. The molecule has 0 N–H and O–H groups in total. The van der Waals surface area contributed by atoms with E-state index >= 15 is 0 Å². The molecule has 1 saturated heterocycles. The fourth-order valence-corrected chi connectivity index (χ4v) is 4.38. The smallest absolute Gasteiger partial charge is 0.212 e. The van der Waals surface area contributed by atoms with E-state index in [1.54, 1.807) is 0 Å². The van der Waals surface area contributed by atoms with Gasteiger partial charge in [0.15, 0.2) is 0 Å². The van der Waals surface area contributed by atoms with Crippen molar-refractivity contribution in [2.24, 2.45) is 5.92 Å². The standard InChI is InChI=1S/C13H17ClFNO2S/c1-10-4-3-7-16(8-10)19(17,18)9-11-12(14)5-2-6-13(11)15/h2,5-6,10H,3-4,7-9H2,1H3. The lowest BCUT2D eigenvalue weighted by molar-refractivity contribution is 0.281. The Hall–Kier alpha value is -0.650. The topological polar surface area (TPSA) is 37.4 Å². The molecule has 0 bridgehead atoms. The molecule has 3 nitrogen and oxygen atoms in total. The van der Waals surface area contributed by atoms with Crippen LogP contribution < -0.4 is 0 Å². The Balaban J connectivity index is 2.21. The van der Waals surface area contributed by atoms with Crippen LogP contribution in [0.15, 0.2) is 18.2 Å². The molecule has 1 unspecified atom stereocenters. The number of rotatable bonds is 3. The van der Waals surface area contributed by atoms with Gasteiger partial charge in [-0.1, -0.05) is 24.6 Å². The summed E-state index contributed by atoms with van der Waals surface area (Å²) in [6, 6.07) is 4.21. The van der Waals surface area contributed by atoms with E-state index in [-0.39, 0.29) is 16.3 Å². The molecule has 106 valence electrons. The van der Waals surface area contributed by atoms with E-state index in [9.17, 15) is 12.8 Å². The van der Waals surface area contributed by atoms with Crippen molar-refractivity contribution in [3.63, 3.8) is 0 Å². The lowest BCUT2D eigenvalue weighted by Gasteiger charge is -2.30. The van der Waals surface area contributed by atoms with Gasteiger partial charge in [-0.25, -0.2) is 17.1 Å². The van der Waals surface area contributed by atoms with E-state index in [1.807, 2.05) is 6.92 Å². The zero-order valence-electron chi connectivity index (χ0n) is 10.8. The summed E-state index contributed by atoms with van der Waals surface area (Å²) in [6.07, 6.45) is 1.89. The number of piperidine rings is 1. The van der Waals surface area contributed by atoms with Crippen LogP contribution in [0.25, 0.3) is 0 Å². The van der Waals surface area contributed by atoms with E-state index in [2.05, 4.69) is 0 Å². The predicted molar refractivity (Wildman–Crippen MR) is 74.0 cm³/mol. The SMILES string of the molecule is CC1CCCN(S(=O)(=O)Cc2c(F)cccc2Cl)C1. The third kappa shape index (κ3) is 3.46. The maximum absolute atomic E-state index is 13.7. The molecule has 19 heavy (non-hydrogen) atoms. The summed E-state index contributed by atoms with van der Waals surface area (Å²) >= 11 is 5.88. The molecular formula is C13H17ClFNO2S. The van der Waals surface area contributed by atoms with Crippen LogP contribution >= 0.6 is 11.6 Å². The van der Waals surface area contributed by atoms with Crippen molar-refractivity contribution in [3.05, 3.63) is 34.6 Å². The van der Waals surface area contributed by atoms with E-state index in [0.717, 1.165) is 12.8 Å². The van der Waals surface area contributed by atoms with E-state index < -0.39 is 15.8 Å². The quantitative estimate of drug-likeness (QED) is 0.861. The molecule has 0 aliphatic carbocycles. The number of benzene rings is 1. The summed E-state index contributed by atoms with van der Waals surface area (Å²) < 4.78 is 39.7.